The predicted octanol–water partition coefficient (Wildman–Crippen LogP) is -1.50. The van der Waals surface area contributed by atoms with Gasteiger partial charge < -0.3 is 14.7 Å². The Kier molecular flexibility index (Phi) is 7.83. The SMILES string of the molecule is CC(C)CC[P+]([O-])([O-])[O-].[Sn+2]. The molecular formula is C5H11O3PSn. The van der Waals surface area contributed by atoms with E-state index in [1.54, 1.807) is 0 Å². The van der Waals surface area contributed by atoms with Crippen LogP contribution in [-0.2, 0) is 0 Å². The van der Waals surface area contributed by atoms with Crippen LogP contribution in [0, 0.1) is 5.92 Å². The summed E-state index contributed by atoms with van der Waals surface area (Å²) < 4.78 is 0. The van der Waals surface area contributed by atoms with E-state index in [1.807, 2.05) is 13.8 Å². The summed E-state index contributed by atoms with van der Waals surface area (Å²) in [4.78, 5) is 30.0. The zero-order chi connectivity index (χ0) is 7.49. The van der Waals surface area contributed by atoms with Gasteiger partial charge in [-0.15, -0.1) is 0 Å². The van der Waals surface area contributed by atoms with Gasteiger partial charge in [-0.05, 0) is 12.3 Å². The van der Waals surface area contributed by atoms with E-state index in [0.717, 1.165) is 0 Å². The summed E-state index contributed by atoms with van der Waals surface area (Å²) >= 11 is 0. The van der Waals surface area contributed by atoms with Gasteiger partial charge in [0.05, 0.1) is 0 Å². The van der Waals surface area contributed by atoms with E-state index in [-0.39, 0.29) is 30.1 Å². The van der Waals surface area contributed by atoms with Crippen molar-refractivity contribution in [1.29, 1.82) is 0 Å². The van der Waals surface area contributed by atoms with Crippen LogP contribution in [-0.4, -0.2) is 30.1 Å². The van der Waals surface area contributed by atoms with Gasteiger partial charge >= 0.3 is 23.9 Å². The van der Waals surface area contributed by atoms with Crippen molar-refractivity contribution in [3.05, 3.63) is 0 Å². The molecule has 0 aliphatic heterocycles. The molecule has 0 rings (SSSR count). The van der Waals surface area contributed by atoms with Crippen molar-refractivity contribution >= 4 is 31.9 Å². The van der Waals surface area contributed by atoms with Gasteiger partial charge in [-0.1, -0.05) is 13.8 Å². The van der Waals surface area contributed by atoms with Crippen molar-refractivity contribution in [2.45, 2.75) is 20.3 Å². The molecule has 0 bridgehead atoms. The zero-order valence-corrected chi connectivity index (χ0v) is 9.91. The molecule has 58 valence electrons. The first kappa shape index (κ1) is 13.7. The van der Waals surface area contributed by atoms with Gasteiger partial charge in [0.2, 0.25) is 0 Å². The summed E-state index contributed by atoms with van der Waals surface area (Å²) in [5, 5.41) is 0. The van der Waals surface area contributed by atoms with Gasteiger partial charge in [-0.2, -0.15) is 7.94 Å². The normalized spacial score (nSPS) is 11.4. The fourth-order valence-electron chi connectivity index (χ4n) is 0.416. The van der Waals surface area contributed by atoms with Crippen molar-refractivity contribution in [2.24, 2.45) is 5.92 Å². The van der Waals surface area contributed by atoms with Gasteiger partial charge in [0.1, 0.15) is 0 Å². The Hall–Kier alpha value is 1.11. The van der Waals surface area contributed by atoms with Crippen LogP contribution in [0.15, 0.2) is 0 Å². The maximum atomic E-state index is 10.0. The van der Waals surface area contributed by atoms with E-state index < -0.39 is 7.94 Å². The summed E-state index contributed by atoms with van der Waals surface area (Å²) in [6, 6.07) is 0. The fraction of sp³-hybridized carbons (Fsp3) is 1.00. The first-order valence-corrected chi connectivity index (χ1v) is 4.65. The predicted molar refractivity (Wildman–Crippen MR) is 37.0 cm³/mol. The fourth-order valence-corrected chi connectivity index (χ4v) is 1.25. The molecule has 0 saturated heterocycles. The molecule has 0 aliphatic carbocycles. The molecule has 0 aromatic carbocycles. The molecule has 0 fully saturated rings. The summed E-state index contributed by atoms with van der Waals surface area (Å²) in [6.45, 7) is 3.77. The maximum absolute atomic E-state index is 10.0. The van der Waals surface area contributed by atoms with Gasteiger partial charge in [0.15, 0.2) is 0 Å². The second kappa shape index (κ2) is 5.72. The molecular weight excluding hydrogens is 258 g/mol. The molecule has 3 nitrogen and oxygen atoms in total. The molecule has 0 heterocycles. The Bertz CT molecular complexity index is 81.5. The average Bonchev–Trinajstić information content (AvgIpc) is 1.59. The summed E-state index contributed by atoms with van der Waals surface area (Å²) in [6.07, 6.45) is 0.273. The van der Waals surface area contributed by atoms with E-state index in [4.69, 9.17) is 0 Å². The van der Waals surface area contributed by atoms with Crippen molar-refractivity contribution < 1.29 is 14.7 Å². The molecule has 10 heavy (non-hydrogen) atoms. The van der Waals surface area contributed by atoms with E-state index in [2.05, 4.69) is 0 Å². The molecule has 2 radical (unpaired) electrons. The molecule has 0 aliphatic rings. The molecule has 0 unspecified atom stereocenters. The van der Waals surface area contributed by atoms with Crippen molar-refractivity contribution in [2.75, 3.05) is 6.16 Å². The Morgan fingerprint density at radius 3 is 1.70 bits per heavy atom. The number of hydrogen-bond donors (Lipinski definition) is 0. The average molecular weight is 269 g/mol. The number of hydrogen-bond acceptors (Lipinski definition) is 3. The molecule has 0 N–H and O–H groups in total. The van der Waals surface area contributed by atoms with E-state index >= 15 is 0 Å². The quantitative estimate of drug-likeness (QED) is 0.462. The topological polar surface area (TPSA) is 69.2 Å². The van der Waals surface area contributed by atoms with Crippen LogP contribution in [0.2, 0.25) is 0 Å². The Labute approximate surface area is 79.0 Å². The molecule has 0 atom stereocenters. The molecule has 0 aromatic heterocycles. The minimum absolute atomic E-state index is 0. The van der Waals surface area contributed by atoms with Crippen LogP contribution in [0.5, 0.6) is 0 Å². The van der Waals surface area contributed by atoms with E-state index in [1.165, 1.54) is 0 Å². The van der Waals surface area contributed by atoms with Gasteiger partial charge in [0, 0.05) is 6.16 Å². The molecule has 0 saturated carbocycles. The minimum Gasteiger partial charge on any atom is -0.688 e. The smallest absolute Gasteiger partial charge is 0.688 e. The van der Waals surface area contributed by atoms with Crippen LogP contribution >= 0.6 is 7.94 Å². The van der Waals surface area contributed by atoms with E-state index in [9.17, 15) is 14.7 Å². The van der Waals surface area contributed by atoms with Crippen molar-refractivity contribution in [1.82, 2.24) is 0 Å². The Morgan fingerprint density at radius 1 is 1.20 bits per heavy atom. The van der Waals surface area contributed by atoms with Crippen LogP contribution in [0.25, 0.3) is 0 Å². The molecule has 0 aromatic rings. The zero-order valence-electron chi connectivity index (χ0n) is 6.16. The van der Waals surface area contributed by atoms with Gasteiger partial charge in [-0.25, -0.2) is 0 Å². The van der Waals surface area contributed by atoms with Crippen molar-refractivity contribution in [3.63, 3.8) is 0 Å². The third-order valence-corrected chi connectivity index (χ3v) is 1.79. The summed E-state index contributed by atoms with van der Waals surface area (Å²) in [5.74, 6) is 0.293. The second-order valence-corrected chi connectivity index (χ2v) is 4.19. The first-order chi connectivity index (χ1) is 3.92. The molecule has 5 heteroatoms. The Balaban J connectivity index is 0. The monoisotopic (exact) mass is 270 g/mol. The second-order valence-electron chi connectivity index (χ2n) is 2.52. The standard InChI is InChI=1S/C5H13O3P.Sn/c1-5(2)3-4-9(6,7)8;/h5H,3-4H2,1-2H3,(H2,6,7,8);/q;+2/p-2. The largest absolute Gasteiger partial charge is 2.00 e. The molecule has 0 amide bonds. The summed E-state index contributed by atoms with van der Waals surface area (Å²) in [7, 11) is -4.22. The van der Waals surface area contributed by atoms with Crippen LogP contribution in [0.4, 0.5) is 0 Å². The van der Waals surface area contributed by atoms with Crippen molar-refractivity contribution in [3.8, 4) is 0 Å². The van der Waals surface area contributed by atoms with Gasteiger partial charge in [-0.3, -0.25) is 0 Å². The van der Waals surface area contributed by atoms with E-state index in [0.29, 0.717) is 12.3 Å². The first-order valence-electron chi connectivity index (χ1n) is 2.93. The third kappa shape index (κ3) is 11.9. The van der Waals surface area contributed by atoms with Crippen LogP contribution in [0.3, 0.4) is 0 Å². The third-order valence-electron chi connectivity index (χ3n) is 0.980. The molecule has 0 spiro atoms. The summed E-state index contributed by atoms with van der Waals surface area (Å²) in [5.41, 5.74) is 0. The van der Waals surface area contributed by atoms with Gasteiger partial charge in [0.25, 0.3) is 0 Å². The number of rotatable bonds is 3. The minimum atomic E-state index is -4.22. The van der Waals surface area contributed by atoms with Crippen LogP contribution < -0.4 is 14.7 Å². The Morgan fingerprint density at radius 2 is 1.60 bits per heavy atom. The maximum Gasteiger partial charge on any atom is 2.00 e. The van der Waals surface area contributed by atoms with Crippen LogP contribution in [0.1, 0.15) is 20.3 Å².